The SMILES string of the molecule is Cc1cccc(OCc2ccc(C(=O)Nc3cc(C)ccc3C)cc2)c1. The third kappa shape index (κ3) is 4.51. The van der Waals surface area contributed by atoms with Gasteiger partial charge in [0.2, 0.25) is 0 Å². The van der Waals surface area contributed by atoms with E-state index in [0.29, 0.717) is 12.2 Å². The fourth-order valence-electron chi connectivity index (χ4n) is 2.69. The molecule has 0 saturated heterocycles. The number of carbonyl (C=O) groups excluding carboxylic acids is 1. The van der Waals surface area contributed by atoms with Crippen LogP contribution in [0.15, 0.2) is 66.7 Å². The zero-order valence-corrected chi connectivity index (χ0v) is 15.4. The van der Waals surface area contributed by atoms with Crippen molar-refractivity contribution in [2.75, 3.05) is 5.32 Å². The van der Waals surface area contributed by atoms with E-state index in [2.05, 4.69) is 5.32 Å². The van der Waals surface area contributed by atoms with E-state index in [-0.39, 0.29) is 5.91 Å². The second-order valence-electron chi connectivity index (χ2n) is 6.57. The van der Waals surface area contributed by atoms with Crippen LogP contribution < -0.4 is 10.1 Å². The predicted molar refractivity (Wildman–Crippen MR) is 106 cm³/mol. The third-order valence-corrected chi connectivity index (χ3v) is 4.25. The summed E-state index contributed by atoms with van der Waals surface area (Å²) in [6.07, 6.45) is 0. The molecule has 0 aliphatic rings. The van der Waals surface area contributed by atoms with Gasteiger partial charge in [-0.15, -0.1) is 0 Å². The molecule has 3 nitrogen and oxygen atoms in total. The average Bonchev–Trinajstić information content (AvgIpc) is 2.63. The molecule has 0 saturated carbocycles. The maximum atomic E-state index is 12.5. The highest BCUT2D eigenvalue weighted by atomic mass is 16.5. The molecule has 0 aliphatic carbocycles. The van der Waals surface area contributed by atoms with Crippen molar-refractivity contribution in [2.24, 2.45) is 0 Å². The summed E-state index contributed by atoms with van der Waals surface area (Å²) in [5.41, 5.74) is 5.84. The van der Waals surface area contributed by atoms with Crippen LogP contribution in [-0.2, 0) is 6.61 Å². The minimum Gasteiger partial charge on any atom is -0.489 e. The normalized spacial score (nSPS) is 10.4. The maximum absolute atomic E-state index is 12.5. The van der Waals surface area contributed by atoms with Crippen LogP contribution in [-0.4, -0.2) is 5.91 Å². The van der Waals surface area contributed by atoms with Crippen LogP contribution >= 0.6 is 0 Å². The summed E-state index contributed by atoms with van der Waals surface area (Å²) >= 11 is 0. The largest absolute Gasteiger partial charge is 0.489 e. The topological polar surface area (TPSA) is 38.3 Å². The third-order valence-electron chi connectivity index (χ3n) is 4.25. The molecule has 26 heavy (non-hydrogen) atoms. The number of anilines is 1. The Balaban J connectivity index is 1.63. The van der Waals surface area contributed by atoms with Crippen molar-refractivity contribution in [3.8, 4) is 5.75 Å². The van der Waals surface area contributed by atoms with Gasteiger partial charge >= 0.3 is 0 Å². The maximum Gasteiger partial charge on any atom is 0.255 e. The Morgan fingerprint density at radius 3 is 2.35 bits per heavy atom. The molecule has 0 aromatic heterocycles. The van der Waals surface area contributed by atoms with Gasteiger partial charge in [-0.1, -0.05) is 36.4 Å². The van der Waals surface area contributed by atoms with E-state index in [1.54, 1.807) is 0 Å². The van der Waals surface area contributed by atoms with E-state index >= 15 is 0 Å². The number of rotatable bonds is 5. The van der Waals surface area contributed by atoms with Gasteiger partial charge in [-0.05, 0) is 73.4 Å². The van der Waals surface area contributed by atoms with E-state index in [1.165, 1.54) is 5.56 Å². The molecule has 0 unspecified atom stereocenters. The summed E-state index contributed by atoms with van der Waals surface area (Å²) in [5, 5.41) is 2.98. The summed E-state index contributed by atoms with van der Waals surface area (Å²) in [5.74, 6) is 0.742. The predicted octanol–water partition coefficient (Wildman–Crippen LogP) is 5.44. The van der Waals surface area contributed by atoms with Crippen LogP contribution in [0.1, 0.15) is 32.6 Å². The van der Waals surface area contributed by atoms with Gasteiger partial charge in [-0.3, -0.25) is 4.79 Å². The van der Waals surface area contributed by atoms with Gasteiger partial charge in [-0.25, -0.2) is 0 Å². The average molecular weight is 345 g/mol. The van der Waals surface area contributed by atoms with E-state index in [0.717, 1.165) is 28.1 Å². The molecule has 0 spiro atoms. The summed E-state index contributed by atoms with van der Waals surface area (Å²) in [7, 11) is 0. The Kier molecular flexibility index (Phi) is 5.37. The lowest BCUT2D eigenvalue weighted by Gasteiger charge is -2.10. The summed E-state index contributed by atoms with van der Waals surface area (Å²) < 4.78 is 5.80. The van der Waals surface area contributed by atoms with Gasteiger partial charge in [0.15, 0.2) is 0 Å². The fraction of sp³-hybridized carbons (Fsp3) is 0.174. The van der Waals surface area contributed by atoms with Crippen LogP contribution in [0.4, 0.5) is 5.69 Å². The van der Waals surface area contributed by atoms with Crippen LogP contribution in [0, 0.1) is 20.8 Å². The molecular weight excluding hydrogens is 322 g/mol. The lowest BCUT2D eigenvalue weighted by atomic mass is 10.1. The molecule has 0 aliphatic heterocycles. The van der Waals surface area contributed by atoms with Gasteiger partial charge in [0, 0.05) is 11.3 Å². The molecule has 1 N–H and O–H groups in total. The molecule has 3 aromatic carbocycles. The number of benzene rings is 3. The monoisotopic (exact) mass is 345 g/mol. The first-order valence-corrected chi connectivity index (χ1v) is 8.68. The highest BCUT2D eigenvalue weighted by Crippen LogP contribution is 2.18. The van der Waals surface area contributed by atoms with Crippen molar-refractivity contribution < 1.29 is 9.53 Å². The zero-order valence-electron chi connectivity index (χ0n) is 15.4. The molecule has 0 fully saturated rings. The molecule has 0 heterocycles. The Bertz CT molecular complexity index is 914. The van der Waals surface area contributed by atoms with E-state index < -0.39 is 0 Å². The number of nitrogens with one attached hydrogen (secondary N) is 1. The number of hydrogen-bond donors (Lipinski definition) is 1. The number of carbonyl (C=O) groups is 1. The number of amides is 1. The molecular formula is C23H23NO2. The van der Waals surface area contributed by atoms with Crippen molar-refractivity contribution in [1.29, 1.82) is 0 Å². The molecule has 1 amide bonds. The van der Waals surface area contributed by atoms with Gasteiger partial charge in [-0.2, -0.15) is 0 Å². The van der Waals surface area contributed by atoms with E-state index in [1.807, 2.05) is 87.5 Å². The van der Waals surface area contributed by atoms with E-state index in [9.17, 15) is 4.79 Å². The van der Waals surface area contributed by atoms with Gasteiger partial charge < -0.3 is 10.1 Å². The van der Waals surface area contributed by atoms with Gasteiger partial charge in [0.05, 0.1) is 0 Å². The minimum atomic E-state index is -0.107. The van der Waals surface area contributed by atoms with Crippen molar-refractivity contribution in [3.05, 3.63) is 94.5 Å². The first kappa shape index (κ1) is 17.7. The fourth-order valence-corrected chi connectivity index (χ4v) is 2.69. The highest BCUT2D eigenvalue weighted by molar-refractivity contribution is 6.04. The molecule has 0 radical (unpaired) electrons. The molecule has 3 rings (SSSR count). The van der Waals surface area contributed by atoms with Gasteiger partial charge in [0.1, 0.15) is 12.4 Å². The quantitative estimate of drug-likeness (QED) is 0.668. The van der Waals surface area contributed by atoms with Crippen LogP contribution in [0.2, 0.25) is 0 Å². The number of hydrogen-bond acceptors (Lipinski definition) is 2. The number of aryl methyl sites for hydroxylation is 3. The van der Waals surface area contributed by atoms with Crippen LogP contribution in [0.3, 0.4) is 0 Å². The zero-order chi connectivity index (χ0) is 18.5. The first-order valence-electron chi connectivity index (χ1n) is 8.68. The Labute approximate surface area is 154 Å². The van der Waals surface area contributed by atoms with Crippen molar-refractivity contribution in [3.63, 3.8) is 0 Å². The summed E-state index contributed by atoms with van der Waals surface area (Å²) in [6.45, 7) is 6.51. The van der Waals surface area contributed by atoms with Crippen molar-refractivity contribution in [1.82, 2.24) is 0 Å². The molecule has 0 atom stereocenters. The second-order valence-corrected chi connectivity index (χ2v) is 6.57. The van der Waals surface area contributed by atoms with Gasteiger partial charge in [0.25, 0.3) is 5.91 Å². The van der Waals surface area contributed by atoms with Crippen molar-refractivity contribution in [2.45, 2.75) is 27.4 Å². The Morgan fingerprint density at radius 2 is 1.62 bits per heavy atom. The Morgan fingerprint density at radius 1 is 0.885 bits per heavy atom. The molecule has 132 valence electrons. The molecule has 3 heteroatoms. The smallest absolute Gasteiger partial charge is 0.255 e. The number of ether oxygens (including phenoxy) is 1. The summed E-state index contributed by atoms with van der Waals surface area (Å²) in [6, 6.07) is 21.5. The highest BCUT2D eigenvalue weighted by Gasteiger charge is 2.08. The molecule has 3 aromatic rings. The van der Waals surface area contributed by atoms with Crippen LogP contribution in [0.25, 0.3) is 0 Å². The lowest BCUT2D eigenvalue weighted by Crippen LogP contribution is -2.13. The molecule has 0 bridgehead atoms. The second kappa shape index (κ2) is 7.87. The first-order chi connectivity index (χ1) is 12.5. The van der Waals surface area contributed by atoms with Crippen molar-refractivity contribution >= 4 is 11.6 Å². The van der Waals surface area contributed by atoms with Crippen LogP contribution in [0.5, 0.6) is 5.75 Å². The standard InChI is InChI=1S/C23H23NO2/c1-16-5-4-6-21(13-16)26-15-19-9-11-20(12-10-19)23(25)24-22-14-17(2)7-8-18(22)3/h4-14H,15H2,1-3H3,(H,24,25). The van der Waals surface area contributed by atoms with E-state index in [4.69, 9.17) is 4.74 Å². The summed E-state index contributed by atoms with van der Waals surface area (Å²) in [4.78, 5) is 12.5. The Hall–Kier alpha value is -3.07. The minimum absolute atomic E-state index is 0.107. The lowest BCUT2D eigenvalue weighted by molar-refractivity contribution is 0.102.